The number of urea groups is 1. The largest absolute Gasteiger partial charge is 0.338 e. The monoisotopic (exact) mass is 286 g/mol. The Morgan fingerprint density at radius 3 is 2.42 bits per heavy atom. The van der Waals surface area contributed by atoms with Crippen molar-refractivity contribution < 1.29 is 4.79 Å². The fraction of sp³-hybridized carbons (Fsp3) is 0.692. The quantitative estimate of drug-likeness (QED) is 0.757. The van der Waals surface area contributed by atoms with E-state index in [1.165, 1.54) is 0 Å². The van der Waals surface area contributed by atoms with Crippen molar-refractivity contribution in [2.75, 3.05) is 13.1 Å². The Kier molecular flexibility index (Phi) is 6.70. The van der Waals surface area contributed by atoms with Gasteiger partial charge >= 0.3 is 6.03 Å². The smallest absolute Gasteiger partial charge is 0.314 e. The minimum Gasteiger partial charge on any atom is -0.338 e. The molecule has 1 aromatic heterocycles. The highest BCUT2D eigenvalue weighted by Gasteiger charge is 2.08. The molecule has 0 bridgehead atoms. The molecule has 0 saturated heterocycles. The van der Waals surface area contributed by atoms with E-state index in [-0.39, 0.29) is 6.03 Å². The second-order valence-corrected chi connectivity index (χ2v) is 4.98. The molecule has 19 heavy (non-hydrogen) atoms. The van der Waals surface area contributed by atoms with E-state index in [0.717, 1.165) is 48.8 Å². The van der Waals surface area contributed by atoms with Gasteiger partial charge in [0.2, 0.25) is 0 Å². The van der Waals surface area contributed by atoms with Crippen molar-refractivity contribution in [1.29, 1.82) is 0 Å². The maximum Gasteiger partial charge on any atom is 0.314 e. The summed E-state index contributed by atoms with van der Waals surface area (Å²) < 4.78 is 1.88. The van der Waals surface area contributed by atoms with E-state index >= 15 is 0 Å². The fourth-order valence-corrected chi connectivity index (χ4v) is 1.90. The van der Waals surface area contributed by atoms with Gasteiger partial charge in [0.05, 0.1) is 16.4 Å². The molecule has 2 N–H and O–H groups in total. The lowest BCUT2D eigenvalue weighted by Crippen LogP contribution is -2.36. The van der Waals surface area contributed by atoms with Gasteiger partial charge in [-0.15, -0.1) is 0 Å². The first-order valence-electron chi connectivity index (χ1n) is 6.77. The molecule has 1 rings (SSSR count). The lowest BCUT2D eigenvalue weighted by molar-refractivity contribution is 0.240. The van der Waals surface area contributed by atoms with E-state index in [2.05, 4.69) is 22.7 Å². The molecule has 108 valence electrons. The van der Waals surface area contributed by atoms with Gasteiger partial charge in [0.1, 0.15) is 0 Å². The van der Waals surface area contributed by atoms with E-state index in [1.54, 1.807) is 0 Å². The molecule has 5 nitrogen and oxygen atoms in total. The summed E-state index contributed by atoms with van der Waals surface area (Å²) >= 11 is 6.07. The van der Waals surface area contributed by atoms with Gasteiger partial charge in [-0.25, -0.2) is 4.79 Å². The topological polar surface area (TPSA) is 59.0 Å². The second-order valence-electron chi connectivity index (χ2n) is 4.60. The third-order valence-corrected chi connectivity index (χ3v) is 3.49. The summed E-state index contributed by atoms with van der Waals surface area (Å²) in [4.78, 5) is 11.4. The van der Waals surface area contributed by atoms with Gasteiger partial charge in [0.25, 0.3) is 0 Å². The number of amides is 2. The first-order chi connectivity index (χ1) is 9.06. The summed E-state index contributed by atoms with van der Waals surface area (Å²) in [5, 5.41) is 10.7. The Labute approximate surface area is 119 Å². The van der Waals surface area contributed by atoms with Gasteiger partial charge in [0.15, 0.2) is 0 Å². The molecule has 0 saturated carbocycles. The average molecular weight is 287 g/mol. The minimum atomic E-state index is -0.0974. The van der Waals surface area contributed by atoms with Crippen molar-refractivity contribution in [3.63, 3.8) is 0 Å². The van der Waals surface area contributed by atoms with Crippen LogP contribution in [0.1, 0.15) is 37.6 Å². The summed E-state index contributed by atoms with van der Waals surface area (Å²) in [6, 6.07) is -0.0974. The highest BCUT2D eigenvalue weighted by Crippen LogP contribution is 2.18. The van der Waals surface area contributed by atoms with Crippen LogP contribution >= 0.6 is 11.6 Å². The summed E-state index contributed by atoms with van der Waals surface area (Å²) in [5.74, 6) is 0. The molecular weight excluding hydrogens is 264 g/mol. The number of aryl methyl sites for hydroxylation is 2. The zero-order valence-corrected chi connectivity index (χ0v) is 12.7. The molecule has 0 aliphatic heterocycles. The molecule has 0 aliphatic rings. The number of nitrogens with zero attached hydrogens (tertiary/aromatic N) is 2. The number of hydrogen-bond donors (Lipinski definition) is 2. The van der Waals surface area contributed by atoms with Crippen LogP contribution in [0.25, 0.3) is 0 Å². The molecule has 1 heterocycles. The van der Waals surface area contributed by atoms with Gasteiger partial charge in [-0.1, -0.05) is 24.9 Å². The van der Waals surface area contributed by atoms with Crippen molar-refractivity contribution >= 4 is 17.6 Å². The maximum absolute atomic E-state index is 11.4. The van der Waals surface area contributed by atoms with Gasteiger partial charge in [0, 0.05) is 19.6 Å². The van der Waals surface area contributed by atoms with Crippen LogP contribution in [0.5, 0.6) is 0 Å². The molecule has 0 atom stereocenters. The highest BCUT2D eigenvalue weighted by molar-refractivity contribution is 6.31. The predicted octanol–water partition coefficient (Wildman–Crippen LogP) is 2.64. The van der Waals surface area contributed by atoms with Crippen molar-refractivity contribution in [3.05, 3.63) is 16.4 Å². The lowest BCUT2D eigenvalue weighted by Gasteiger charge is -2.08. The van der Waals surface area contributed by atoms with Crippen LogP contribution in [0.15, 0.2) is 0 Å². The molecular formula is C13H23ClN4O. The summed E-state index contributed by atoms with van der Waals surface area (Å²) in [6.07, 6.45) is 2.93. The molecule has 0 aliphatic carbocycles. The van der Waals surface area contributed by atoms with Crippen LogP contribution in [0.2, 0.25) is 5.02 Å². The first-order valence-corrected chi connectivity index (χ1v) is 7.15. The number of halogens is 1. The van der Waals surface area contributed by atoms with Crippen molar-refractivity contribution in [3.8, 4) is 0 Å². The van der Waals surface area contributed by atoms with E-state index in [4.69, 9.17) is 11.6 Å². The van der Waals surface area contributed by atoms with E-state index < -0.39 is 0 Å². The molecule has 1 aromatic rings. The number of hydrogen-bond acceptors (Lipinski definition) is 2. The van der Waals surface area contributed by atoms with Crippen LogP contribution in [-0.4, -0.2) is 28.9 Å². The van der Waals surface area contributed by atoms with E-state index in [9.17, 15) is 4.79 Å². The Morgan fingerprint density at radius 2 is 1.89 bits per heavy atom. The minimum absolute atomic E-state index is 0.0974. The van der Waals surface area contributed by atoms with E-state index in [0.29, 0.717) is 6.54 Å². The number of aromatic nitrogens is 2. The number of carbonyl (C=O) groups is 1. The number of carbonyl (C=O) groups excluding carboxylic acids is 1. The summed E-state index contributed by atoms with van der Waals surface area (Å²) in [5.41, 5.74) is 1.83. The summed E-state index contributed by atoms with van der Waals surface area (Å²) in [7, 11) is 0. The predicted molar refractivity (Wildman–Crippen MR) is 77.6 cm³/mol. The Bertz CT molecular complexity index is 417. The number of nitrogens with one attached hydrogen (secondary N) is 2. The first kappa shape index (κ1) is 15.8. The third-order valence-electron chi connectivity index (χ3n) is 2.94. The molecule has 6 heteroatoms. The molecule has 0 spiro atoms. The SMILES string of the molecule is CCCCNC(=O)NCCCn1nc(C)c(Cl)c1C. The molecule has 0 unspecified atom stereocenters. The number of unbranched alkanes of at least 4 members (excludes halogenated alkanes) is 1. The van der Waals surface area contributed by atoms with Gasteiger partial charge in [-0.05, 0) is 26.7 Å². The Hall–Kier alpha value is -1.23. The molecule has 0 radical (unpaired) electrons. The van der Waals surface area contributed by atoms with Crippen LogP contribution in [0.4, 0.5) is 4.79 Å². The van der Waals surface area contributed by atoms with Crippen LogP contribution in [0, 0.1) is 13.8 Å². The second kappa shape index (κ2) is 8.04. The molecule has 0 fully saturated rings. The van der Waals surface area contributed by atoms with Crippen molar-refractivity contribution in [2.24, 2.45) is 0 Å². The Morgan fingerprint density at radius 1 is 1.26 bits per heavy atom. The average Bonchev–Trinajstić information content (AvgIpc) is 2.63. The fourth-order valence-electron chi connectivity index (χ4n) is 1.76. The Balaban J connectivity index is 2.20. The van der Waals surface area contributed by atoms with Crippen molar-refractivity contribution in [1.82, 2.24) is 20.4 Å². The van der Waals surface area contributed by atoms with Gasteiger partial charge in [-0.2, -0.15) is 5.10 Å². The van der Waals surface area contributed by atoms with Crippen molar-refractivity contribution in [2.45, 2.75) is 46.6 Å². The van der Waals surface area contributed by atoms with Gasteiger partial charge in [-0.3, -0.25) is 4.68 Å². The zero-order valence-electron chi connectivity index (χ0n) is 11.9. The van der Waals surface area contributed by atoms with Crippen LogP contribution in [0.3, 0.4) is 0 Å². The standard InChI is InChI=1S/C13H23ClN4O/c1-4-5-7-15-13(19)16-8-6-9-18-11(3)12(14)10(2)17-18/h4-9H2,1-3H3,(H2,15,16,19). The van der Waals surface area contributed by atoms with Crippen LogP contribution in [-0.2, 0) is 6.54 Å². The zero-order chi connectivity index (χ0) is 14.3. The highest BCUT2D eigenvalue weighted by atomic mass is 35.5. The third kappa shape index (κ3) is 5.11. The number of rotatable bonds is 7. The maximum atomic E-state index is 11.4. The lowest BCUT2D eigenvalue weighted by atomic mass is 10.3. The normalized spacial score (nSPS) is 10.5. The molecule has 0 aromatic carbocycles. The van der Waals surface area contributed by atoms with Crippen LogP contribution < -0.4 is 10.6 Å². The van der Waals surface area contributed by atoms with Gasteiger partial charge < -0.3 is 10.6 Å². The molecule has 2 amide bonds. The van der Waals surface area contributed by atoms with E-state index in [1.807, 2.05) is 18.5 Å². The summed E-state index contributed by atoms with van der Waals surface area (Å²) in [6.45, 7) is 8.07.